The highest BCUT2D eigenvalue weighted by atomic mass is 14.4. The van der Waals surface area contributed by atoms with Crippen molar-refractivity contribution in [2.45, 2.75) is 19.3 Å². The molecule has 3 atom stereocenters. The highest BCUT2D eigenvalue weighted by Crippen LogP contribution is 2.39. The van der Waals surface area contributed by atoms with Crippen molar-refractivity contribution < 1.29 is 0 Å². The number of nitrogens with zero attached hydrogens (tertiary/aromatic N) is 1. The first-order valence-corrected chi connectivity index (χ1v) is 3.98. The van der Waals surface area contributed by atoms with Gasteiger partial charge in [0.25, 0.3) is 0 Å². The minimum atomic E-state index is 0.337. The van der Waals surface area contributed by atoms with Crippen LogP contribution in [0.25, 0.3) is 0 Å². The van der Waals surface area contributed by atoms with E-state index in [2.05, 4.69) is 18.2 Å². The predicted octanol–water partition coefficient (Wildman–Crippen LogP) is 2.11. The van der Waals surface area contributed by atoms with E-state index < -0.39 is 0 Å². The third kappa shape index (κ3) is 0.759. The molecule has 3 unspecified atom stereocenters. The molecule has 0 N–H and O–H groups in total. The van der Waals surface area contributed by atoms with E-state index in [4.69, 9.17) is 5.26 Å². The summed E-state index contributed by atoms with van der Waals surface area (Å²) in [6.07, 6.45) is 8.23. The van der Waals surface area contributed by atoms with Crippen molar-refractivity contribution in [2.24, 2.45) is 17.8 Å². The number of hydrogen-bond acceptors (Lipinski definition) is 1. The van der Waals surface area contributed by atoms with Crippen molar-refractivity contribution in [3.8, 4) is 6.07 Å². The molecule has 2 bridgehead atoms. The van der Waals surface area contributed by atoms with Crippen molar-refractivity contribution in [1.29, 1.82) is 5.26 Å². The van der Waals surface area contributed by atoms with Gasteiger partial charge in [0, 0.05) is 0 Å². The third-order valence-electron chi connectivity index (χ3n) is 2.74. The molecule has 0 heterocycles. The summed E-state index contributed by atoms with van der Waals surface area (Å²) in [7, 11) is 0. The Morgan fingerprint density at radius 2 is 2.20 bits per heavy atom. The van der Waals surface area contributed by atoms with Gasteiger partial charge in [-0.2, -0.15) is 5.26 Å². The van der Waals surface area contributed by atoms with Gasteiger partial charge in [0.1, 0.15) is 0 Å². The summed E-state index contributed by atoms with van der Waals surface area (Å²) in [5.74, 6) is 1.66. The Labute approximate surface area is 61.4 Å². The van der Waals surface area contributed by atoms with E-state index in [0.29, 0.717) is 11.8 Å². The molecule has 0 aromatic rings. The van der Waals surface area contributed by atoms with Crippen LogP contribution >= 0.6 is 0 Å². The van der Waals surface area contributed by atoms with E-state index in [9.17, 15) is 0 Å². The molecule has 0 aliphatic heterocycles. The average Bonchev–Trinajstić information content (AvgIpc) is 2.06. The van der Waals surface area contributed by atoms with Crippen LogP contribution in [0.1, 0.15) is 19.3 Å². The molecule has 10 heavy (non-hydrogen) atoms. The smallest absolute Gasteiger partial charge is 0.0662 e. The Bertz CT molecular complexity index is 199. The molecule has 1 nitrogen and oxygen atoms in total. The largest absolute Gasteiger partial charge is 0.198 e. The minimum Gasteiger partial charge on any atom is -0.198 e. The standard InChI is InChI=1S/C9H11N/c10-6-9-5-7-1-3-8(9)4-2-7/h1,3,7-9H,2,4-5H2. The predicted molar refractivity (Wildman–Crippen MR) is 39.1 cm³/mol. The fourth-order valence-corrected chi connectivity index (χ4v) is 2.08. The van der Waals surface area contributed by atoms with Gasteiger partial charge in [-0.25, -0.2) is 0 Å². The van der Waals surface area contributed by atoms with Crippen LogP contribution in [0.15, 0.2) is 12.2 Å². The lowest BCUT2D eigenvalue weighted by atomic mass is 9.70. The zero-order valence-electron chi connectivity index (χ0n) is 5.96. The first kappa shape index (κ1) is 5.97. The van der Waals surface area contributed by atoms with Gasteiger partial charge in [-0.05, 0) is 31.1 Å². The molecule has 3 rings (SSSR count). The molecular formula is C9H11N. The number of allylic oxidation sites excluding steroid dienone is 2. The number of fused-ring (bicyclic) bond motifs is 2. The van der Waals surface area contributed by atoms with Gasteiger partial charge in [0.15, 0.2) is 0 Å². The second kappa shape index (κ2) is 2.12. The zero-order chi connectivity index (χ0) is 6.97. The van der Waals surface area contributed by atoms with Crippen LogP contribution in [0, 0.1) is 29.1 Å². The Morgan fingerprint density at radius 3 is 2.50 bits per heavy atom. The first-order valence-electron chi connectivity index (χ1n) is 3.98. The molecule has 0 amide bonds. The topological polar surface area (TPSA) is 23.8 Å². The fourth-order valence-electron chi connectivity index (χ4n) is 2.08. The van der Waals surface area contributed by atoms with E-state index in [0.717, 1.165) is 12.3 Å². The molecule has 3 aliphatic rings. The van der Waals surface area contributed by atoms with E-state index in [1.165, 1.54) is 12.8 Å². The van der Waals surface area contributed by atoms with Crippen LogP contribution in [-0.4, -0.2) is 0 Å². The van der Waals surface area contributed by atoms with Gasteiger partial charge in [-0.1, -0.05) is 12.2 Å². The second-order valence-electron chi connectivity index (χ2n) is 3.36. The lowest BCUT2D eigenvalue weighted by molar-refractivity contribution is 0.269. The lowest BCUT2D eigenvalue weighted by Crippen LogP contribution is -2.25. The van der Waals surface area contributed by atoms with E-state index in [1.54, 1.807) is 0 Å². The highest BCUT2D eigenvalue weighted by Gasteiger charge is 2.31. The summed E-state index contributed by atoms with van der Waals surface area (Å²) < 4.78 is 0. The quantitative estimate of drug-likeness (QED) is 0.464. The maximum absolute atomic E-state index is 8.73. The summed E-state index contributed by atoms with van der Waals surface area (Å²) in [5, 5.41) is 8.73. The van der Waals surface area contributed by atoms with E-state index in [1.807, 2.05) is 0 Å². The van der Waals surface area contributed by atoms with Gasteiger partial charge in [-0.3, -0.25) is 0 Å². The summed E-state index contributed by atoms with van der Waals surface area (Å²) >= 11 is 0. The Balaban J connectivity index is 2.21. The Hall–Kier alpha value is -0.770. The maximum Gasteiger partial charge on any atom is 0.0662 e. The molecular weight excluding hydrogens is 122 g/mol. The van der Waals surface area contributed by atoms with Crippen molar-refractivity contribution in [1.82, 2.24) is 0 Å². The van der Waals surface area contributed by atoms with Crippen molar-refractivity contribution >= 4 is 0 Å². The average molecular weight is 133 g/mol. The summed E-state index contributed by atoms with van der Waals surface area (Å²) in [6, 6.07) is 2.38. The molecule has 0 spiro atoms. The van der Waals surface area contributed by atoms with Gasteiger partial charge in [-0.15, -0.1) is 0 Å². The van der Waals surface area contributed by atoms with Crippen LogP contribution in [0.3, 0.4) is 0 Å². The molecule has 52 valence electrons. The van der Waals surface area contributed by atoms with Crippen molar-refractivity contribution in [3.63, 3.8) is 0 Å². The minimum absolute atomic E-state index is 0.337. The number of rotatable bonds is 0. The van der Waals surface area contributed by atoms with Gasteiger partial charge < -0.3 is 0 Å². The number of nitriles is 1. The van der Waals surface area contributed by atoms with E-state index >= 15 is 0 Å². The van der Waals surface area contributed by atoms with E-state index in [-0.39, 0.29) is 0 Å². The molecule has 0 aromatic heterocycles. The van der Waals surface area contributed by atoms with Gasteiger partial charge >= 0.3 is 0 Å². The van der Waals surface area contributed by atoms with Crippen LogP contribution in [0.4, 0.5) is 0 Å². The summed E-state index contributed by atoms with van der Waals surface area (Å²) in [5.41, 5.74) is 0. The summed E-state index contributed by atoms with van der Waals surface area (Å²) in [4.78, 5) is 0. The molecule has 1 heteroatoms. The maximum atomic E-state index is 8.73. The molecule has 0 saturated heterocycles. The molecule has 1 fully saturated rings. The summed E-state index contributed by atoms with van der Waals surface area (Å²) in [6.45, 7) is 0. The normalized spacial score (nSPS) is 43.3. The van der Waals surface area contributed by atoms with Crippen LogP contribution in [0.2, 0.25) is 0 Å². The highest BCUT2D eigenvalue weighted by molar-refractivity contribution is 5.10. The molecule has 1 saturated carbocycles. The van der Waals surface area contributed by atoms with Crippen LogP contribution in [-0.2, 0) is 0 Å². The number of hydrogen-bond donors (Lipinski definition) is 0. The third-order valence-corrected chi connectivity index (χ3v) is 2.74. The van der Waals surface area contributed by atoms with Gasteiger partial charge in [0.05, 0.1) is 12.0 Å². The lowest BCUT2D eigenvalue weighted by Gasteiger charge is -2.33. The van der Waals surface area contributed by atoms with Crippen LogP contribution in [0.5, 0.6) is 0 Å². The first-order chi connectivity index (χ1) is 4.90. The molecule has 0 radical (unpaired) electrons. The SMILES string of the molecule is N#CC1CC2C=CC1CC2. The van der Waals surface area contributed by atoms with Crippen LogP contribution < -0.4 is 0 Å². The Morgan fingerprint density at radius 1 is 1.30 bits per heavy atom. The molecule has 3 aliphatic carbocycles. The van der Waals surface area contributed by atoms with Gasteiger partial charge in [0.2, 0.25) is 0 Å². The van der Waals surface area contributed by atoms with Crippen molar-refractivity contribution in [3.05, 3.63) is 12.2 Å². The monoisotopic (exact) mass is 133 g/mol. The zero-order valence-corrected chi connectivity index (χ0v) is 5.96. The Kier molecular flexibility index (Phi) is 1.27. The second-order valence-corrected chi connectivity index (χ2v) is 3.36. The van der Waals surface area contributed by atoms with Crippen molar-refractivity contribution in [2.75, 3.05) is 0 Å². The molecule has 0 aromatic carbocycles. The fraction of sp³-hybridized carbons (Fsp3) is 0.667.